The van der Waals surface area contributed by atoms with Crippen molar-refractivity contribution in [3.63, 3.8) is 0 Å². The number of halogens is 2. The summed E-state index contributed by atoms with van der Waals surface area (Å²) in [4.78, 5) is 0. The minimum atomic E-state index is 0. The number of hydrogen-bond donors (Lipinski definition) is 0. The molecule has 0 radical (unpaired) electrons. The van der Waals surface area contributed by atoms with Gasteiger partial charge < -0.3 is 24.8 Å². The molecule has 0 fully saturated rings. The first-order valence-corrected chi connectivity index (χ1v) is 15.4. The summed E-state index contributed by atoms with van der Waals surface area (Å²) < 4.78 is 0.749. The minimum Gasteiger partial charge on any atom is -1.00 e. The number of benzene rings is 2. The number of rotatable bonds is 2. The van der Waals surface area contributed by atoms with Gasteiger partial charge in [-0.3, -0.25) is 0 Å². The van der Waals surface area contributed by atoms with Gasteiger partial charge in [0, 0.05) is 0 Å². The summed E-state index contributed by atoms with van der Waals surface area (Å²) >= 11 is 1.69. The van der Waals surface area contributed by atoms with E-state index in [9.17, 15) is 0 Å². The first-order chi connectivity index (χ1) is 16.6. The van der Waals surface area contributed by atoms with E-state index < -0.39 is 0 Å². The molecule has 0 amide bonds. The Morgan fingerprint density at radius 2 is 1.24 bits per heavy atom. The Kier molecular flexibility index (Phi) is 8.68. The third-order valence-corrected chi connectivity index (χ3v) is 10.8. The third kappa shape index (κ3) is 5.01. The first-order valence-electron chi connectivity index (χ1n) is 14.0. The van der Waals surface area contributed by atoms with E-state index in [4.69, 9.17) is 0 Å². The Balaban J connectivity index is 0.00000200. The van der Waals surface area contributed by atoms with E-state index in [1.54, 1.807) is 52.6 Å². The van der Waals surface area contributed by atoms with Gasteiger partial charge in [0.1, 0.15) is 0 Å². The molecule has 2 aromatic carbocycles. The van der Waals surface area contributed by atoms with Crippen LogP contribution in [0.4, 0.5) is 0 Å². The van der Waals surface area contributed by atoms with Crippen molar-refractivity contribution in [2.45, 2.75) is 109 Å². The van der Waals surface area contributed by atoms with Crippen molar-refractivity contribution in [3.8, 4) is 11.1 Å². The summed E-state index contributed by atoms with van der Waals surface area (Å²) in [5, 5.41) is 0. The van der Waals surface area contributed by atoms with Crippen molar-refractivity contribution in [2.24, 2.45) is 10.8 Å². The second-order valence-electron chi connectivity index (χ2n) is 14.8. The SMILES string of the molecule is CCC1(C2c3ccc(C(C)(C)C)cc3-c3cc(C(C)(C)C)ccc32)C[CH]([Zr+2])C2=C1C=C(C(C)(C)C)C2.[Cl-].[Cl-]. The van der Waals surface area contributed by atoms with E-state index in [-0.39, 0.29) is 46.5 Å². The maximum Gasteiger partial charge on any atom is -1.00 e. The predicted octanol–water partition coefficient (Wildman–Crippen LogP) is 4.21. The molecule has 5 rings (SSSR count). The quantitative estimate of drug-likeness (QED) is 0.468. The molecule has 2 unspecified atom stereocenters. The molecule has 0 saturated carbocycles. The molecule has 0 saturated heterocycles. The fourth-order valence-corrected chi connectivity index (χ4v) is 8.59. The second kappa shape index (κ2) is 10.3. The van der Waals surface area contributed by atoms with Crippen LogP contribution in [0.5, 0.6) is 0 Å². The van der Waals surface area contributed by atoms with E-state index in [2.05, 4.69) is 112 Å². The molecule has 0 spiro atoms. The Labute approximate surface area is 260 Å². The van der Waals surface area contributed by atoms with Crippen LogP contribution in [0.3, 0.4) is 0 Å². The van der Waals surface area contributed by atoms with Gasteiger partial charge in [-0.15, -0.1) is 0 Å². The Morgan fingerprint density at radius 3 is 1.63 bits per heavy atom. The van der Waals surface area contributed by atoms with E-state index in [0.29, 0.717) is 5.92 Å². The standard InChI is InChI=1S/C35H45.2ClH.Zr/c1-11-35(17-16-22-18-25(21-30(22)35)34(8,9)10)31-26-14-12-23(32(2,3)4)19-28(26)29-20-24(33(5,6)7)13-15-27(29)31;;;/h12-16,19-21,31H,11,17-18H2,1-10H3;2*1H;/q;;;+2/p-2. The van der Waals surface area contributed by atoms with Crippen LogP contribution in [0.1, 0.15) is 117 Å². The molecule has 203 valence electrons. The smallest absolute Gasteiger partial charge is 1.00 e. The molecule has 0 nitrogen and oxygen atoms in total. The van der Waals surface area contributed by atoms with Gasteiger partial charge in [-0.1, -0.05) is 0 Å². The van der Waals surface area contributed by atoms with E-state index in [1.807, 2.05) is 0 Å². The molecule has 3 aliphatic carbocycles. The zero-order chi connectivity index (χ0) is 26.4. The van der Waals surface area contributed by atoms with Crippen LogP contribution in [0, 0.1) is 10.8 Å². The van der Waals surface area contributed by atoms with Crippen molar-refractivity contribution in [1.82, 2.24) is 0 Å². The summed E-state index contributed by atoms with van der Waals surface area (Å²) in [5.41, 5.74) is 14.9. The topological polar surface area (TPSA) is 0 Å². The number of fused-ring (bicyclic) bond motifs is 3. The van der Waals surface area contributed by atoms with Crippen LogP contribution in [-0.4, -0.2) is 0 Å². The molecule has 0 heterocycles. The van der Waals surface area contributed by atoms with Crippen molar-refractivity contribution < 1.29 is 49.5 Å². The summed E-state index contributed by atoms with van der Waals surface area (Å²) in [6, 6.07) is 14.9. The van der Waals surface area contributed by atoms with Gasteiger partial charge in [-0.05, 0) is 0 Å². The Hall–Kier alpha value is -0.617. The van der Waals surface area contributed by atoms with Crippen LogP contribution < -0.4 is 24.8 Å². The molecule has 0 aliphatic heterocycles. The van der Waals surface area contributed by atoms with Crippen LogP contribution in [0.15, 0.2) is 59.2 Å². The average Bonchev–Trinajstić information content (AvgIpc) is 3.42. The van der Waals surface area contributed by atoms with E-state index >= 15 is 0 Å². The molecule has 38 heavy (non-hydrogen) atoms. The average molecular weight is 628 g/mol. The zero-order valence-corrected chi connectivity index (χ0v) is 29.0. The normalized spacial score (nSPS) is 22.9. The first kappa shape index (κ1) is 31.9. The molecule has 0 bridgehead atoms. The zero-order valence-electron chi connectivity index (χ0n) is 25.1. The van der Waals surface area contributed by atoms with Gasteiger partial charge in [-0.2, -0.15) is 0 Å². The van der Waals surface area contributed by atoms with Crippen molar-refractivity contribution >= 4 is 0 Å². The molecule has 3 heteroatoms. The van der Waals surface area contributed by atoms with Crippen LogP contribution in [0.2, 0.25) is 3.63 Å². The van der Waals surface area contributed by atoms with Gasteiger partial charge >= 0.3 is 237 Å². The summed E-state index contributed by atoms with van der Waals surface area (Å²) in [5.74, 6) is 0.446. The van der Waals surface area contributed by atoms with Crippen LogP contribution in [0.25, 0.3) is 11.1 Å². The van der Waals surface area contributed by atoms with Crippen molar-refractivity contribution in [3.05, 3.63) is 81.4 Å². The molecule has 3 aliphatic rings. The fourth-order valence-electron chi connectivity index (χ4n) is 7.06. The molecule has 0 aromatic heterocycles. The molecular formula is C35H45Cl2Zr. The monoisotopic (exact) mass is 625 g/mol. The van der Waals surface area contributed by atoms with Crippen LogP contribution >= 0.6 is 0 Å². The van der Waals surface area contributed by atoms with Gasteiger partial charge in [0.25, 0.3) is 0 Å². The fraction of sp³-hybridized carbons (Fsp3) is 0.543. The number of allylic oxidation sites excluding steroid dienone is 4. The van der Waals surface area contributed by atoms with Crippen molar-refractivity contribution in [1.29, 1.82) is 0 Å². The Morgan fingerprint density at radius 1 is 0.763 bits per heavy atom. The summed E-state index contributed by atoms with van der Waals surface area (Å²) in [6.45, 7) is 23.7. The maximum atomic E-state index is 2.66. The van der Waals surface area contributed by atoms with Gasteiger partial charge in [0.05, 0.1) is 0 Å². The summed E-state index contributed by atoms with van der Waals surface area (Å²) in [7, 11) is 0. The van der Waals surface area contributed by atoms with Gasteiger partial charge in [0.2, 0.25) is 0 Å². The predicted molar refractivity (Wildman–Crippen MR) is 151 cm³/mol. The molecule has 2 atom stereocenters. The molecule has 0 N–H and O–H groups in total. The third-order valence-electron chi connectivity index (χ3n) is 9.47. The molecular weight excluding hydrogens is 583 g/mol. The number of hydrogen-bond acceptors (Lipinski definition) is 0. The van der Waals surface area contributed by atoms with Crippen molar-refractivity contribution in [2.75, 3.05) is 0 Å². The second-order valence-corrected chi connectivity index (χ2v) is 16.6. The van der Waals surface area contributed by atoms with Crippen LogP contribution in [-0.2, 0) is 35.5 Å². The summed E-state index contributed by atoms with van der Waals surface area (Å²) in [6.07, 6.45) is 6.38. The minimum absolute atomic E-state index is 0. The Bertz CT molecular complexity index is 1230. The maximum absolute atomic E-state index is 2.66. The van der Waals surface area contributed by atoms with Gasteiger partial charge in [0.15, 0.2) is 0 Å². The van der Waals surface area contributed by atoms with Gasteiger partial charge in [-0.25, -0.2) is 0 Å². The largest absolute Gasteiger partial charge is 1.00 e. The van der Waals surface area contributed by atoms with E-state index in [1.165, 1.54) is 41.5 Å². The van der Waals surface area contributed by atoms with E-state index in [0.717, 1.165) is 3.63 Å². The molecule has 2 aromatic rings.